The summed E-state index contributed by atoms with van der Waals surface area (Å²) in [6.45, 7) is 5.61. The smallest absolute Gasteiger partial charge is 0.224 e. The standard InChI is InChI=1S/C25H23Cl2IN4O2/c1-3-32-22-8-6-5-7-21(22)30-25(32)31-29-14-16-11-20(28)24(23(12-16)33-4-2)34-15-17-9-10-18(26)13-19(17)27/h5-14H,3-4,15H2,1-2H3,(H,30,31)/b29-14-. The maximum Gasteiger partial charge on any atom is 0.224 e. The summed E-state index contributed by atoms with van der Waals surface area (Å²) in [7, 11) is 0. The van der Waals surface area contributed by atoms with E-state index in [2.05, 4.69) is 49.6 Å². The molecule has 3 aromatic carbocycles. The SMILES string of the molecule is CCOc1cc(/C=N\Nc2nc3ccccc3n2CC)cc(I)c1OCc1ccc(Cl)cc1Cl. The second-order valence-corrected chi connectivity index (χ2v) is 9.33. The molecule has 4 aromatic rings. The molecule has 6 nitrogen and oxygen atoms in total. The summed E-state index contributed by atoms with van der Waals surface area (Å²) >= 11 is 14.5. The van der Waals surface area contributed by atoms with Gasteiger partial charge in [-0.25, -0.2) is 10.4 Å². The normalized spacial score (nSPS) is 11.3. The molecule has 0 atom stereocenters. The van der Waals surface area contributed by atoms with E-state index in [4.69, 9.17) is 32.7 Å². The molecule has 0 saturated carbocycles. The quantitative estimate of drug-likeness (QED) is 0.122. The van der Waals surface area contributed by atoms with Crippen LogP contribution in [-0.4, -0.2) is 22.4 Å². The van der Waals surface area contributed by atoms with E-state index in [0.29, 0.717) is 40.7 Å². The molecular formula is C25H23Cl2IN4O2. The number of anilines is 1. The second kappa shape index (κ2) is 11.3. The van der Waals surface area contributed by atoms with Crippen LogP contribution in [0.4, 0.5) is 5.95 Å². The van der Waals surface area contributed by atoms with Crippen molar-refractivity contribution in [3.63, 3.8) is 0 Å². The van der Waals surface area contributed by atoms with E-state index < -0.39 is 0 Å². The third-order valence-corrected chi connectivity index (χ3v) is 6.46. The van der Waals surface area contributed by atoms with Crippen LogP contribution in [0, 0.1) is 3.57 Å². The molecule has 0 aliphatic rings. The highest BCUT2D eigenvalue weighted by atomic mass is 127. The van der Waals surface area contributed by atoms with Gasteiger partial charge in [0.2, 0.25) is 5.95 Å². The molecule has 4 rings (SSSR count). The van der Waals surface area contributed by atoms with E-state index in [9.17, 15) is 0 Å². The zero-order chi connectivity index (χ0) is 24.1. The van der Waals surface area contributed by atoms with Crippen molar-refractivity contribution in [1.82, 2.24) is 9.55 Å². The van der Waals surface area contributed by atoms with E-state index in [1.54, 1.807) is 18.3 Å². The minimum Gasteiger partial charge on any atom is -0.490 e. The summed E-state index contributed by atoms with van der Waals surface area (Å²) in [4.78, 5) is 4.63. The Morgan fingerprint density at radius 3 is 2.68 bits per heavy atom. The van der Waals surface area contributed by atoms with Crippen LogP contribution >= 0.6 is 45.8 Å². The van der Waals surface area contributed by atoms with E-state index >= 15 is 0 Å². The van der Waals surface area contributed by atoms with Gasteiger partial charge in [-0.3, -0.25) is 0 Å². The first-order chi connectivity index (χ1) is 16.5. The molecule has 0 spiro atoms. The number of nitrogens with zero attached hydrogens (tertiary/aromatic N) is 3. The molecule has 0 aliphatic heterocycles. The summed E-state index contributed by atoms with van der Waals surface area (Å²) in [6, 6.07) is 17.3. The summed E-state index contributed by atoms with van der Waals surface area (Å²) in [5, 5.41) is 5.56. The largest absolute Gasteiger partial charge is 0.490 e. The molecule has 0 bridgehead atoms. The molecule has 9 heteroatoms. The lowest BCUT2D eigenvalue weighted by molar-refractivity contribution is 0.267. The molecule has 176 valence electrons. The molecule has 0 unspecified atom stereocenters. The molecule has 0 aliphatic carbocycles. The fourth-order valence-electron chi connectivity index (χ4n) is 3.50. The van der Waals surface area contributed by atoms with Gasteiger partial charge in [0, 0.05) is 22.2 Å². The molecule has 1 aromatic heterocycles. The van der Waals surface area contributed by atoms with Crippen LogP contribution < -0.4 is 14.9 Å². The van der Waals surface area contributed by atoms with Gasteiger partial charge in [0.05, 0.1) is 27.4 Å². The molecule has 0 fully saturated rings. The van der Waals surface area contributed by atoms with Gasteiger partial charge in [0.25, 0.3) is 0 Å². The first-order valence-electron chi connectivity index (χ1n) is 10.8. The first-order valence-corrected chi connectivity index (χ1v) is 12.6. The monoisotopic (exact) mass is 608 g/mol. The van der Waals surface area contributed by atoms with Crippen LogP contribution in [0.15, 0.2) is 59.7 Å². The van der Waals surface area contributed by atoms with Crippen LogP contribution in [0.3, 0.4) is 0 Å². The summed E-state index contributed by atoms with van der Waals surface area (Å²) in [5.74, 6) is 1.99. The lowest BCUT2D eigenvalue weighted by Gasteiger charge is -2.15. The first kappa shape index (κ1) is 24.6. The third kappa shape index (κ3) is 5.59. The topological polar surface area (TPSA) is 60.7 Å². The number of imidazole rings is 1. The highest BCUT2D eigenvalue weighted by Gasteiger charge is 2.13. The van der Waals surface area contributed by atoms with Gasteiger partial charge in [-0.1, -0.05) is 41.4 Å². The Hall–Kier alpha value is -2.49. The Morgan fingerprint density at radius 2 is 1.91 bits per heavy atom. The molecule has 0 saturated heterocycles. The number of hydrazone groups is 1. The van der Waals surface area contributed by atoms with Gasteiger partial charge < -0.3 is 14.0 Å². The number of nitrogens with one attached hydrogen (secondary N) is 1. The Balaban J connectivity index is 1.53. The number of ether oxygens (including phenoxy) is 2. The summed E-state index contributed by atoms with van der Waals surface area (Å²) in [6.07, 6.45) is 1.74. The fourth-order valence-corrected chi connectivity index (χ4v) is 4.74. The minimum atomic E-state index is 0.300. The number of hydrogen-bond acceptors (Lipinski definition) is 5. The maximum absolute atomic E-state index is 6.29. The molecule has 1 heterocycles. The highest BCUT2D eigenvalue weighted by molar-refractivity contribution is 14.1. The zero-order valence-corrected chi connectivity index (χ0v) is 22.4. The van der Waals surface area contributed by atoms with Crippen molar-refractivity contribution < 1.29 is 9.47 Å². The van der Waals surface area contributed by atoms with Gasteiger partial charge in [-0.2, -0.15) is 5.10 Å². The van der Waals surface area contributed by atoms with Crippen LogP contribution in [-0.2, 0) is 13.2 Å². The number of benzene rings is 3. The number of halogens is 3. The van der Waals surface area contributed by atoms with Gasteiger partial charge in [0.15, 0.2) is 11.5 Å². The van der Waals surface area contributed by atoms with E-state index in [1.165, 1.54) is 0 Å². The molecule has 1 N–H and O–H groups in total. The lowest BCUT2D eigenvalue weighted by Crippen LogP contribution is -2.04. The fraction of sp³-hybridized carbons (Fsp3) is 0.200. The zero-order valence-electron chi connectivity index (χ0n) is 18.7. The van der Waals surface area contributed by atoms with E-state index in [1.807, 2.05) is 49.4 Å². The van der Waals surface area contributed by atoms with Crippen molar-refractivity contribution in [2.24, 2.45) is 5.10 Å². The van der Waals surface area contributed by atoms with Crippen molar-refractivity contribution in [2.75, 3.05) is 12.0 Å². The second-order valence-electron chi connectivity index (χ2n) is 7.33. The van der Waals surface area contributed by atoms with Crippen molar-refractivity contribution in [3.8, 4) is 11.5 Å². The predicted molar refractivity (Wildman–Crippen MR) is 148 cm³/mol. The Morgan fingerprint density at radius 1 is 1.09 bits per heavy atom. The Kier molecular flexibility index (Phi) is 8.18. The highest BCUT2D eigenvalue weighted by Crippen LogP contribution is 2.35. The van der Waals surface area contributed by atoms with Crippen molar-refractivity contribution in [2.45, 2.75) is 27.0 Å². The number of aryl methyl sites for hydroxylation is 1. The average molecular weight is 609 g/mol. The Bertz CT molecular complexity index is 1340. The number of fused-ring (bicyclic) bond motifs is 1. The van der Waals surface area contributed by atoms with Gasteiger partial charge in [-0.15, -0.1) is 0 Å². The van der Waals surface area contributed by atoms with Gasteiger partial charge in [0.1, 0.15) is 6.61 Å². The predicted octanol–water partition coefficient (Wildman–Crippen LogP) is 7.39. The van der Waals surface area contributed by atoms with Crippen LogP contribution in [0.2, 0.25) is 10.0 Å². The number of rotatable bonds is 9. The molecule has 0 amide bonds. The Labute approximate surface area is 222 Å². The van der Waals surface area contributed by atoms with E-state index in [-0.39, 0.29) is 0 Å². The number of aromatic nitrogens is 2. The van der Waals surface area contributed by atoms with Gasteiger partial charge in [-0.05, 0) is 78.4 Å². The lowest BCUT2D eigenvalue weighted by atomic mass is 10.2. The van der Waals surface area contributed by atoms with Gasteiger partial charge >= 0.3 is 0 Å². The molecular weight excluding hydrogens is 586 g/mol. The van der Waals surface area contributed by atoms with Crippen LogP contribution in [0.5, 0.6) is 11.5 Å². The minimum absolute atomic E-state index is 0.300. The number of para-hydroxylation sites is 2. The van der Waals surface area contributed by atoms with Crippen LogP contribution in [0.1, 0.15) is 25.0 Å². The van der Waals surface area contributed by atoms with Crippen molar-refractivity contribution in [1.29, 1.82) is 0 Å². The number of hydrogen-bond donors (Lipinski definition) is 1. The molecule has 0 radical (unpaired) electrons. The van der Waals surface area contributed by atoms with Crippen molar-refractivity contribution >= 4 is 69.0 Å². The van der Waals surface area contributed by atoms with Crippen molar-refractivity contribution in [3.05, 3.63) is 79.3 Å². The maximum atomic E-state index is 6.29. The summed E-state index contributed by atoms with van der Waals surface area (Å²) < 4.78 is 14.9. The third-order valence-electron chi connectivity index (χ3n) is 5.07. The summed E-state index contributed by atoms with van der Waals surface area (Å²) in [5.41, 5.74) is 6.78. The van der Waals surface area contributed by atoms with E-state index in [0.717, 1.165) is 32.3 Å². The van der Waals surface area contributed by atoms with Crippen LogP contribution in [0.25, 0.3) is 11.0 Å². The molecule has 34 heavy (non-hydrogen) atoms. The average Bonchev–Trinajstić information content (AvgIpc) is 3.17.